The maximum absolute atomic E-state index is 6.44. The van der Waals surface area contributed by atoms with Crippen LogP contribution in [0.5, 0.6) is 0 Å². The van der Waals surface area contributed by atoms with Gasteiger partial charge in [0, 0.05) is 0 Å². The maximum Gasteiger partial charge on any atom is -0.147 e. The minimum Gasteiger partial charge on any atom is -0.147 e. The molecule has 0 saturated heterocycles. The van der Waals surface area contributed by atoms with Crippen LogP contribution in [0.3, 0.4) is 0 Å². The van der Waals surface area contributed by atoms with E-state index in [1.165, 1.54) is 47.7 Å². The van der Waals surface area contributed by atoms with Gasteiger partial charge in [-0.2, -0.15) is 0 Å². The van der Waals surface area contributed by atoms with E-state index in [-0.39, 0.29) is 35.6 Å². The fraction of sp³-hybridized carbons (Fsp3) is 0.256. The Bertz CT molecular complexity index is 1650. The SMILES string of the molecule is CC(C)(C)c1ccc2c(c1)[CH]([Zr]([C]1=CC=CC1)=[C](c1ccc(Cl)cc1)c1ccc(Cl)cc1)c1cc(C(C)(C)C)ccc1-2.Cl.Cl. The molecule has 0 N–H and O–H groups in total. The van der Waals surface area contributed by atoms with E-state index < -0.39 is 21.3 Å². The van der Waals surface area contributed by atoms with Gasteiger partial charge in [-0.3, -0.25) is 0 Å². The van der Waals surface area contributed by atoms with Gasteiger partial charge in [-0.15, -0.1) is 24.8 Å². The Morgan fingerprint density at radius 2 is 1.07 bits per heavy atom. The van der Waals surface area contributed by atoms with E-state index in [4.69, 9.17) is 23.2 Å². The molecule has 6 rings (SSSR count). The number of halogens is 4. The third-order valence-corrected chi connectivity index (χ3v) is 17.5. The van der Waals surface area contributed by atoms with Crippen LogP contribution in [0.2, 0.25) is 10.0 Å². The van der Waals surface area contributed by atoms with Gasteiger partial charge in [0.1, 0.15) is 0 Å². The third kappa shape index (κ3) is 6.84. The van der Waals surface area contributed by atoms with Crippen molar-refractivity contribution in [2.45, 2.75) is 62.4 Å². The van der Waals surface area contributed by atoms with Crippen molar-refractivity contribution in [2.24, 2.45) is 0 Å². The van der Waals surface area contributed by atoms with Gasteiger partial charge in [-0.05, 0) is 0 Å². The quantitative estimate of drug-likeness (QED) is 0.195. The molecule has 5 heteroatoms. The monoisotopic (exact) mass is 738 g/mol. The normalized spacial score (nSPS) is 13.9. The van der Waals surface area contributed by atoms with E-state index in [9.17, 15) is 0 Å². The van der Waals surface area contributed by atoms with Gasteiger partial charge < -0.3 is 0 Å². The second-order valence-electron chi connectivity index (χ2n) is 13.7. The summed E-state index contributed by atoms with van der Waals surface area (Å²) < 4.78 is 3.49. The van der Waals surface area contributed by atoms with Gasteiger partial charge in [0.2, 0.25) is 0 Å². The summed E-state index contributed by atoms with van der Waals surface area (Å²) in [5, 5.41) is 1.53. The molecule has 0 amide bonds. The summed E-state index contributed by atoms with van der Waals surface area (Å²) in [5.41, 5.74) is 11.3. The molecule has 44 heavy (non-hydrogen) atoms. The number of hydrogen-bond acceptors (Lipinski definition) is 0. The van der Waals surface area contributed by atoms with Crippen LogP contribution in [0.1, 0.15) is 85.0 Å². The standard InChI is InChI=1S/C21H25.C13H8Cl2.C5H5.2ClH.Zr/c1-20(2,3)16-7-9-18-14(12-16)11-15-13-17(21(4,5)6)8-10-19(15)18;14-12-5-1-10(2-6-12)9-11-3-7-13(15)8-4-11;1-2-4-5-3-1;;;/h7-13H,1-6H3;1-8H;1-3H,4H2;2*1H;. The molecule has 0 fully saturated rings. The zero-order valence-electron chi connectivity index (χ0n) is 26.2. The Kier molecular flexibility index (Phi) is 10.8. The van der Waals surface area contributed by atoms with Crippen molar-refractivity contribution < 1.29 is 21.3 Å². The fourth-order valence-electron chi connectivity index (χ4n) is 6.35. The zero-order valence-corrected chi connectivity index (χ0v) is 31.8. The number of allylic oxidation sites excluding steroid dienone is 4. The predicted octanol–water partition coefficient (Wildman–Crippen LogP) is 12.2. The molecule has 0 radical (unpaired) electrons. The number of rotatable bonds is 4. The first kappa shape index (κ1) is 35.1. The van der Waals surface area contributed by atoms with Crippen LogP contribution in [0.25, 0.3) is 11.1 Å². The molecule has 0 bridgehead atoms. The summed E-state index contributed by atoms with van der Waals surface area (Å²) in [6.45, 7) is 13.9. The van der Waals surface area contributed by atoms with E-state index in [2.05, 4.69) is 120 Å². The minimum absolute atomic E-state index is 0. The van der Waals surface area contributed by atoms with Gasteiger partial charge in [0.25, 0.3) is 0 Å². The van der Waals surface area contributed by atoms with E-state index in [0.717, 1.165) is 16.5 Å². The summed E-state index contributed by atoms with van der Waals surface area (Å²) in [6.07, 6.45) is 8.06. The van der Waals surface area contributed by atoms with Crippen LogP contribution in [-0.2, 0) is 32.1 Å². The van der Waals surface area contributed by atoms with Crippen LogP contribution >= 0.6 is 48.0 Å². The molecule has 0 saturated carbocycles. The molecular weight excluding hydrogens is 701 g/mol. The van der Waals surface area contributed by atoms with Crippen molar-refractivity contribution in [1.29, 1.82) is 0 Å². The van der Waals surface area contributed by atoms with Gasteiger partial charge in [-0.1, -0.05) is 0 Å². The molecular formula is C39H40Cl4Zr. The molecule has 0 atom stereocenters. The van der Waals surface area contributed by atoms with Crippen molar-refractivity contribution in [3.05, 3.63) is 150 Å². The Balaban J connectivity index is 0.00000221. The molecule has 0 aliphatic heterocycles. The van der Waals surface area contributed by atoms with Crippen LogP contribution in [0.15, 0.2) is 106 Å². The first-order valence-corrected chi connectivity index (χ1v) is 19.5. The van der Waals surface area contributed by atoms with Crippen LogP contribution in [0, 0.1) is 0 Å². The smallest absolute Gasteiger partial charge is 0.147 e. The topological polar surface area (TPSA) is 0 Å². The maximum atomic E-state index is 6.44. The number of fused-ring (bicyclic) bond motifs is 3. The molecule has 2 aliphatic rings. The summed E-state index contributed by atoms with van der Waals surface area (Å²) >= 11 is 10.1. The summed E-state index contributed by atoms with van der Waals surface area (Å²) in [7, 11) is 0. The molecule has 0 nitrogen and oxygen atoms in total. The average molecular weight is 742 g/mol. The number of hydrogen-bond donors (Lipinski definition) is 0. The minimum atomic E-state index is -2.79. The summed E-state index contributed by atoms with van der Waals surface area (Å²) in [4.78, 5) is 0. The Hall–Kier alpha value is -1.73. The second-order valence-corrected chi connectivity index (χ2v) is 20.8. The van der Waals surface area contributed by atoms with E-state index >= 15 is 0 Å². The van der Waals surface area contributed by atoms with E-state index in [1.54, 1.807) is 3.28 Å². The van der Waals surface area contributed by atoms with Crippen molar-refractivity contribution in [1.82, 2.24) is 0 Å². The van der Waals surface area contributed by atoms with Gasteiger partial charge in [-0.25, -0.2) is 0 Å². The van der Waals surface area contributed by atoms with E-state index in [0.29, 0.717) is 3.63 Å². The Morgan fingerprint density at radius 3 is 1.43 bits per heavy atom. The molecule has 0 aromatic heterocycles. The average Bonchev–Trinajstić information content (AvgIpc) is 3.58. The molecule has 2 aliphatic carbocycles. The van der Waals surface area contributed by atoms with Crippen molar-refractivity contribution >= 4 is 51.2 Å². The molecule has 4 aromatic carbocycles. The molecule has 0 unspecified atom stereocenters. The molecule has 0 heterocycles. The van der Waals surface area contributed by atoms with Crippen molar-refractivity contribution in [3.8, 4) is 11.1 Å². The van der Waals surface area contributed by atoms with Crippen LogP contribution in [0.4, 0.5) is 0 Å². The van der Waals surface area contributed by atoms with Crippen molar-refractivity contribution in [2.75, 3.05) is 0 Å². The zero-order chi connectivity index (χ0) is 29.8. The summed E-state index contributed by atoms with van der Waals surface area (Å²) in [5.74, 6) is 0. The Labute approximate surface area is 293 Å². The number of benzene rings is 4. The first-order chi connectivity index (χ1) is 19.9. The Morgan fingerprint density at radius 1 is 0.636 bits per heavy atom. The van der Waals surface area contributed by atoms with Crippen LogP contribution in [-0.4, -0.2) is 3.21 Å². The van der Waals surface area contributed by atoms with Gasteiger partial charge in [0.15, 0.2) is 0 Å². The van der Waals surface area contributed by atoms with E-state index in [1.807, 2.05) is 24.3 Å². The largest absolute Gasteiger partial charge is 0.147 e. The fourth-order valence-corrected chi connectivity index (χ4v) is 15.6. The van der Waals surface area contributed by atoms with Gasteiger partial charge in [0.05, 0.1) is 0 Å². The molecule has 4 aromatic rings. The second kappa shape index (κ2) is 13.6. The summed E-state index contributed by atoms with van der Waals surface area (Å²) in [6, 6.07) is 31.7. The van der Waals surface area contributed by atoms with Crippen molar-refractivity contribution in [3.63, 3.8) is 0 Å². The van der Waals surface area contributed by atoms with Gasteiger partial charge >= 0.3 is 271 Å². The molecule has 228 valence electrons. The predicted molar refractivity (Wildman–Crippen MR) is 194 cm³/mol. The molecule has 0 spiro atoms. The first-order valence-electron chi connectivity index (χ1n) is 14.8. The van der Waals surface area contributed by atoms with Crippen LogP contribution < -0.4 is 0 Å². The third-order valence-electron chi connectivity index (χ3n) is 8.69.